The van der Waals surface area contributed by atoms with Crippen molar-refractivity contribution in [3.05, 3.63) is 71.3 Å². The lowest BCUT2D eigenvalue weighted by molar-refractivity contribution is -0.0337. The number of rotatable bonds is 7. The number of piperazine rings is 1. The molecule has 4 rings (SSSR count). The van der Waals surface area contributed by atoms with Gasteiger partial charge in [-0.25, -0.2) is 0 Å². The molecule has 0 bridgehead atoms. The highest BCUT2D eigenvalue weighted by Crippen LogP contribution is 2.40. The fourth-order valence-electron chi connectivity index (χ4n) is 5.24. The number of nitrogens with zero attached hydrogens (tertiary/aromatic N) is 2. The van der Waals surface area contributed by atoms with Crippen molar-refractivity contribution in [2.45, 2.75) is 56.5 Å². The molecule has 2 aromatic carbocycles. The van der Waals surface area contributed by atoms with Crippen LogP contribution in [0.25, 0.3) is 0 Å². The summed E-state index contributed by atoms with van der Waals surface area (Å²) < 4.78 is 0. The molecule has 1 saturated heterocycles. The Balaban J connectivity index is 1.46. The second-order valence-electron chi connectivity index (χ2n) is 9.55. The third-order valence-electron chi connectivity index (χ3n) is 7.33. The minimum absolute atomic E-state index is 0.212. The van der Waals surface area contributed by atoms with E-state index in [1.54, 1.807) is 0 Å². The van der Waals surface area contributed by atoms with Crippen molar-refractivity contribution in [3.8, 4) is 0 Å². The topological polar surface area (TPSA) is 26.7 Å². The molecule has 0 spiro atoms. The molecule has 1 N–H and O–H groups in total. The lowest BCUT2D eigenvalue weighted by atomic mass is 9.72. The molecule has 0 amide bonds. The molecule has 30 heavy (non-hydrogen) atoms. The van der Waals surface area contributed by atoms with Crippen LogP contribution in [0, 0.1) is 0 Å². The van der Waals surface area contributed by atoms with Gasteiger partial charge in [-0.1, -0.05) is 73.9 Å². The summed E-state index contributed by atoms with van der Waals surface area (Å²) in [6.07, 6.45) is 7.62. The van der Waals surface area contributed by atoms with Crippen molar-refractivity contribution < 1.29 is 5.11 Å². The van der Waals surface area contributed by atoms with Gasteiger partial charge in [-0.15, -0.1) is 0 Å². The molecule has 3 heteroatoms. The Morgan fingerprint density at radius 2 is 1.40 bits per heavy atom. The van der Waals surface area contributed by atoms with Gasteiger partial charge >= 0.3 is 0 Å². The first-order chi connectivity index (χ1) is 14.6. The summed E-state index contributed by atoms with van der Waals surface area (Å²) in [5, 5.41) is 11.7. The molecule has 2 aromatic rings. The van der Waals surface area contributed by atoms with Gasteiger partial charge in [0.05, 0.1) is 5.60 Å². The molecule has 0 radical (unpaired) electrons. The third kappa shape index (κ3) is 5.51. The average Bonchev–Trinajstić information content (AvgIpc) is 2.79. The molecular formula is C27H38N2O. The fraction of sp³-hybridized carbons (Fsp3) is 0.556. The Kier molecular flexibility index (Phi) is 7.24. The predicted molar refractivity (Wildman–Crippen MR) is 125 cm³/mol. The van der Waals surface area contributed by atoms with Crippen molar-refractivity contribution >= 4 is 0 Å². The van der Waals surface area contributed by atoms with Crippen molar-refractivity contribution in [2.24, 2.45) is 0 Å². The number of benzene rings is 2. The molecule has 162 valence electrons. The predicted octanol–water partition coefficient (Wildman–Crippen LogP) is 4.50. The van der Waals surface area contributed by atoms with E-state index in [0.29, 0.717) is 0 Å². The minimum Gasteiger partial charge on any atom is -0.389 e. The first-order valence-corrected chi connectivity index (χ1v) is 11.9. The van der Waals surface area contributed by atoms with Gasteiger partial charge in [-0.2, -0.15) is 0 Å². The highest BCUT2D eigenvalue weighted by Gasteiger charge is 2.39. The van der Waals surface area contributed by atoms with E-state index in [1.165, 1.54) is 23.1 Å². The molecule has 1 aliphatic carbocycles. The highest BCUT2D eigenvalue weighted by atomic mass is 16.3. The number of likely N-dealkylation sites (N-methyl/N-ethyl adjacent to an activating group) is 1. The van der Waals surface area contributed by atoms with Gasteiger partial charge in [-0.3, -0.25) is 0 Å². The Morgan fingerprint density at radius 3 is 2.03 bits per heavy atom. The molecule has 2 aliphatic rings. The van der Waals surface area contributed by atoms with Crippen molar-refractivity contribution in [1.29, 1.82) is 0 Å². The molecule has 2 fully saturated rings. The lowest BCUT2D eigenvalue weighted by Gasteiger charge is -2.43. The van der Waals surface area contributed by atoms with Crippen LogP contribution in [0.15, 0.2) is 54.6 Å². The van der Waals surface area contributed by atoms with Gasteiger partial charge in [0.2, 0.25) is 0 Å². The first kappa shape index (κ1) is 21.5. The molecular weight excluding hydrogens is 368 g/mol. The maximum Gasteiger partial charge on any atom is 0.0728 e. The van der Waals surface area contributed by atoms with Crippen LogP contribution in [-0.2, 0) is 12.8 Å². The fourth-order valence-corrected chi connectivity index (χ4v) is 5.24. The molecule has 3 nitrogen and oxygen atoms in total. The van der Waals surface area contributed by atoms with Crippen LogP contribution in [0.3, 0.4) is 0 Å². The zero-order valence-electron chi connectivity index (χ0n) is 18.6. The van der Waals surface area contributed by atoms with Gasteiger partial charge < -0.3 is 14.9 Å². The molecule has 1 saturated carbocycles. The van der Waals surface area contributed by atoms with Gasteiger partial charge in [0.25, 0.3) is 0 Å². The van der Waals surface area contributed by atoms with Crippen molar-refractivity contribution in [2.75, 3.05) is 39.8 Å². The molecule has 1 aliphatic heterocycles. The van der Waals surface area contributed by atoms with E-state index >= 15 is 0 Å². The van der Waals surface area contributed by atoms with Crippen LogP contribution in [0.5, 0.6) is 0 Å². The Labute approximate surface area is 182 Å². The lowest BCUT2D eigenvalue weighted by Crippen LogP contribution is -2.50. The normalized spacial score (nSPS) is 21.4. The summed E-state index contributed by atoms with van der Waals surface area (Å²) >= 11 is 0. The van der Waals surface area contributed by atoms with E-state index in [-0.39, 0.29) is 5.92 Å². The number of aryl methyl sites for hydroxylation is 2. The quantitative estimate of drug-likeness (QED) is 0.733. The summed E-state index contributed by atoms with van der Waals surface area (Å²) in [4.78, 5) is 4.98. The van der Waals surface area contributed by atoms with Crippen LogP contribution in [0.4, 0.5) is 0 Å². The maximum atomic E-state index is 11.7. The largest absolute Gasteiger partial charge is 0.389 e. The summed E-state index contributed by atoms with van der Waals surface area (Å²) in [5.41, 5.74) is 3.55. The van der Waals surface area contributed by atoms with Crippen LogP contribution in [-0.4, -0.2) is 60.3 Å². The standard InChI is InChI=1S/C27H38N2O/c1-28-18-20-29(21-19-28)22-26(27(30)16-6-3-7-17-27)25-14-12-24(13-15-25)11-10-23-8-4-2-5-9-23/h2,4-5,8-9,12-15,26,30H,3,6-7,10-11,16-22H2,1H3. The van der Waals surface area contributed by atoms with Gasteiger partial charge in [0.1, 0.15) is 0 Å². The smallest absolute Gasteiger partial charge is 0.0728 e. The zero-order chi connectivity index (χ0) is 20.8. The number of aliphatic hydroxyl groups is 1. The first-order valence-electron chi connectivity index (χ1n) is 11.9. The molecule has 1 unspecified atom stereocenters. The zero-order valence-corrected chi connectivity index (χ0v) is 18.6. The molecule has 0 aromatic heterocycles. The van der Waals surface area contributed by atoms with Crippen molar-refractivity contribution in [1.82, 2.24) is 9.80 Å². The number of hydrogen-bond donors (Lipinski definition) is 1. The van der Waals surface area contributed by atoms with E-state index < -0.39 is 5.60 Å². The number of hydrogen-bond acceptors (Lipinski definition) is 3. The van der Waals surface area contributed by atoms with Crippen LogP contribution < -0.4 is 0 Å². The summed E-state index contributed by atoms with van der Waals surface area (Å²) in [5.74, 6) is 0.212. The minimum atomic E-state index is -0.548. The van der Waals surface area contributed by atoms with E-state index in [4.69, 9.17) is 0 Å². The van der Waals surface area contributed by atoms with Crippen molar-refractivity contribution in [3.63, 3.8) is 0 Å². The van der Waals surface area contributed by atoms with Crippen LogP contribution in [0.1, 0.15) is 54.7 Å². The Morgan fingerprint density at radius 1 is 0.800 bits per heavy atom. The second-order valence-corrected chi connectivity index (χ2v) is 9.55. The van der Waals surface area contributed by atoms with Gasteiger partial charge in [0, 0.05) is 38.6 Å². The average molecular weight is 407 g/mol. The summed E-state index contributed by atoms with van der Waals surface area (Å²) in [7, 11) is 2.21. The molecule has 1 heterocycles. The second kappa shape index (κ2) is 10.1. The highest BCUT2D eigenvalue weighted by molar-refractivity contribution is 5.29. The van der Waals surface area contributed by atoms with E-state index in [0.717, 1.165) is 71.2 Å². The van der Waals surface area contributed by atoms with E-state index in [9.17, 15) is 5.11 Å². The summed E-state index contributed by atoms with van der Waals surface area (Å²) in [6.45, 7) is 5.46. The molecule has 1 atom stereocenters. The van der Waals surface area contributed by atoms with Gasteiger partial charge in [-0.05, 0) is 49.4 Å². The SMILES string of the molecule is CN1CCN(CC(c2ccc(CCc3ccccc3)cc2)C2(O)CCCCC2)CC1. The Bertz CT molecular complexity index is 759. The maximum absolute atomic E-state index is 11.7. The van der Waals surface area contributed by atoms with E-state index in [2.05, 4.69) is 71.4 Å². The third-order valence-corrected chi connectivity index (χ3v) is 7.33. The van der Waals surface area contributed by atoms with Crippen LogP contribution in [0.2, 0.25) is 0 Å². The van der Waals surface area contributed by atoms with Gasteiger partial charge in [0.15, 0.2) is 0 Å². The van der Waals surface area contributed by atoms with Crippen LogP contribution >= 0.6 is 0 Å². The summed E-state index contributed by atoms with van der Waals surface area (Å²) in [6, 6.07) is 19.9. The monoisotopic (exact) mass is 406 g/mol. The van der Waals surface area contributed by atoms with E-state index in [1.807, 2.05) is 0 Å². The Hall–Kier alpha value is -1.68.